The second kappa shape index (κ2) is 6.97. The summed E-state index contributed by atoms with van der Waals surface area (Å²) in [5, 5.41) is 8.90. The third-order valence-corrected chi connectivity index (χ3v) is 3.41. The van der Waals surface area contributed by atoms with Crippen molar-refractivity contribution in [3.05, 3.63) is 0 Å². The molecule has 2 unspecified atom stereocenters. The van der Waals surface area contributed by atoms with Crippen molar-refractivity contribution < 1.29 is 14.6 Å². The average Bonchev–Trinajstić information content (AvgIpc) is 2.25. The van der Waals surface area contributed by atoms with E-state index in [1.165, 1.54) is 6.42 Å². The summed E-state index contributed by atoms with van der Waals surface area (Å²) in [4.78, 5) is 13.1. The van der Waals surface area contributed by atoms with Crippen LogP contribution in [0.4, 0.5) is 0 Å². The van der Waals surface area contributed by atoms with Gasteiger partial charge in [-0.05, 0) is 25.7 Å². The van der Waals surface area contributed by atoms with Gasteiger partial charge < -0.3 is 9.84 Å². The molecule has 0 aliphatic carbocycles. The Bertz CT molecular complexity index is 243. The number of nitrogens with zero attached hydrogens (tertiary/aromatic N) is 1. The zero-order chi connectivity index (χ0) is 12.8. The Morgan fingerprint density at radius 3 is 2.71 bits per heavy atom. The van der Waals surface area contributed by atoms with Crippen LogP contribution in [0.1, 0.15) is 40.0 Å². The summed E-state index contributed by atoms with van der Waals surface area (Å²) in [6, 6.07) is 0.495. The van der Waals surface area contributed by atoms with Crippen LogP contribution in [0.5, 0.6) is 0 Å². The fourth-order valence-corrected chi connectivity index (χ4v) is 2.37. The molecule has 1 N–H and O–H groups in total. The topological polar surface area (TPSA) is 49.8 Å². The molecule has 0 aromatic heterocycles. The molecule has 0 saturated carbocycles. The highest BCUT2D eigenvalue weighted by molar-refractivity contribution is 5.67. The summed E-state index contributed by atoms with van der Waals surface area (Å²) in [7, 11) is 0. The zero-order valence-electron chi connectivity index (χ0n) is 11.2. The molecule has 0 radical (unpaired) electrons. The summed E-state index contributed by atoms with van der Waals surface area (Å²) in [6.45, 7) is 8.78. The standard InChI is InChI=1S/C13H25NO3/c1-10(2)4-5-11(3)14-6-7-17-9-12(14)8-13(15)16/h10-12H,4-9H2,1-3H3,(H,15,16). The molecule has 1 rings (SSSR count). The van der Waals surface area contributed by atoms with E-state index in [2.05, 4.69) is 25.7 Å². The van der Waals surface area contributed by atoms with Crippen molar-refractivity contribution >= 4 is 5.97 Å². The van der Waals surface area contributed by atoms with Gasteiger partial charge in [0.05, 0.1) is 19.6 Å². The molecule has 17 heavy (non-hydrogen) atoms. The minimum Gasteiger partial charge on any atom is -0.481 e. The van der Waals surface area contributed by atoms with Gasteiger partial charge in [0, 0.05) is 18.6 Å². The lowest BCUT2D eigenvalue weighted by molar-refractivity contribution is -0.140. The highest BCUT2D eigenvalue weighted by Gasteiger charge is 2.28. The quantitative estimate of drug-likeness (QED) is 0.775. The Balaban J connectivity index is 2.48. The minimum absolute atomic E-state index is 0.0448. The van der Waals surface area contributed by atoms with Crippen molar-refractivity contribution in [2.75, 3.05) is 19.8 Å². The van der Waals surface area contributed by atoms with E-state index in [0.717, 1.165) is 19.6 Å². The molecule has 0 spiro atoms. The lowest BCUT2D eigenvalue weighted by Crippen LogP contribution is -2.50. The molecule has 1 saturated heterocycles. The van der Waals surface area contributed by atoms with Crippen molar-refractivity contribution in [1.82, 2.24) is 4.90 Å². The van der Waals surface area contributed by atoms with E-state index in [0.29, 0.717) is 18.6 Å². The molecule has 0 bridgehead atoms. The van der Waals surface area contributed by atoms with E-state index < -0.39 is 5.97 Å². The first kappa shape index (κ1) is 14.5. The SMILES string of the molecule is CC(C)CCC(C)N1CCOCC1CC(=O)O. The van der Waals surface area contributed by atoms with Gasteiger partial charge in [0.15, 0.2) is 0 Å². The lowest BCUT2D eigenvalue weighted by atomic mass is 10.0. The summed E-state index contributed by atoms with van der Waals surface area (Å²) in [5.41, 5.74) is 0. The number of carboxylic acid groups (broad SMARTS) is 1. The predicted molar refractivity (Wildman–Crippen MR) is 67.1 cm³/mol. The van der Waals surface area contributed by atoms with Crippen LogP contribution >= 0.6 is 0 Å². The number of rotatable bonds is 6. The first-order valence-electron chi connectivity index (χ1n) is 6.56. The van der Waals surface area contributed by atoms with Crippen molar-refractivity contribution in [1.29, 1.82) is 0 Å². The van der Waals surface area contributed by atoms with Gasteiger partial charge in [-0.1, -0.05) is 13.8 Å². The second-order valence-electron chi connectivity index (χ2n) is 5.38. The van der Waals surface area contributed by atoms with Gasteiger partial charge in [0.25, 0.3) is 0 Å². The Hall–Kier alpha value is -0.610. The van der Waals surface area contributed by atoms with Crippen molar-refractivity contribution in [3.63, 3.8) is 0 Å². The first-order valence-corrected chi connectivity index (χ1v) is 6.56. The van der Waals surface area contributed by atoms with Crippen LogP contribution in [0, 0.1) is 5.92 Å². The fraction of sp³-hybridized carbons (Fsp3) is 0.923. The van der Waals surface area contributed by atoms with Gasteiger partial charge in [-0.2, -0.15) is 0 Å². The van der Waals surface area contributed by atoms with Gasteiger partial charge in [0.2, 0.25) is 0 Å². The van der Waals surface area contributed by atoms with E-state index in [9.17, 15) is 4.79 Å². The molecule has 1 aliphatic rings. The molecule has 100 valence electrons. The molecular weight excluding hydrogens is 218 g/mol. The van der Waals surface area contributed by atoms with Crippen molar-refractivity contribution in [2.45, 2.75) is 52.1 Å². The van der Waals surface area contributed by atoms with E-state index in [1.807, 2.05) is 0 Å². The fourth-order valence-electron chi connectivity index (χ4n) is 2.37. The number of aliphatic carboxylic acids is 1. The van der Waals surface area contributed by atoms with Crippen LogP contribution < -0.4 is 0 Å². The van der Waals surface area contributed by atoms with Crippen molar-refractivity contribution in [2.24, 2.45) is 5.92 Å². The first-order chi connectivity index (χ1) is 8.00. The summed E-state index contributed by atoms with van der Waals surface area (Å²) >= 11 is 0. The number of ether oxygens (including phenoxy) is 1. The minimum atomic E-state index is -0.735. The van der Waals surface area contributed by atoms with Gasteiger partial charge in [-0.3, -0.25) is 9.69 Å². The Labute approximate surface area is 104 Å². The molecule has 0 amide bonds. The van der Waals surface area contributed by atoms with E-state index in [1.54, 1.807) is 0 Å². The van der Waals surface area contributed by atoms with Crippen LogP contribution in [-0.4, -0.2) is 47.8 Å². The molecule has 0 aromatic rings. The third kappa shape index (κ3) is 5.04. The van der Waals surface area contributed by atoms with Gasteiger partial charge >= 0.3 is 5.97 Å². The maximum Gasteiger partial charge on any atom is 0.305 e. The molecule has 1 heterocycles. The Morgan fingerprint density at radius 1 is 1.41 bits per heavy atom. The zero-order valence-corrected chi connectivity index (χ0v) is 11.2. The molecule has 1 fully saturated rings. The number of morpholine rings is 1. The normalized spacial score (nSPS) is 23.9. The monoisotopic (exact) mass is 243 g/mol. The highest BCUT2D eigenvalue weighted by atomic mass is 16.5. The average molecular weight is 243 g/mol. The molecule has 1 aliphatic heterocycles. The molecule has 4 nitrogen and oxygen atoms in total. The smallest absolute Gasteiger partial charge is 0.305 e. The van der Waals surface area contributed by atoms with Gasteiger partial charge in [-0.25, -0.2) is 0 Å². The Kier molecular flexibility index (Phi) is 5.92. The third-order valence-electron chi connectivity index (χ3n) is 3.41. The highest BCUT2D eigenvalue weighted by Crippen LogP contribution is 2.19. The second-order valence-corrected chi connectivity index (χ2v) is 5.38. The Morgan fingerprint density at radius 2 is 2.12 bits per heavy atom. The van der Waals surface area contributed by atoms with Crippen LogP contribution in [0.15, 0.2) is 0 Å². The molecule has 2 atom stereocenters. The van der Waals surface area contributed by atoms with E-state index in [-0.39, 0.29) is 12.5 Å². The van der Waals surface area contributed by atoms with E-state index >= 15 is 0 Å². The molecule has 0 aromatic carbocycles. The van der Waals surface area contributed by atoms with Crippen LogP contribution in [0.25, 0.3) is 0 Å². The van der Waals surface area contributed by atoms with Crippen LogP contribution in [0.3, 0.4) is 0 Å². The summed E-state index contributed by atoms with van der Waals surface area (Å²) in [6.07, 6.45) is 2.51. The number of hydrogen-bond acceptors (Lipinski definition) is 3. The van der Waals surface area contributed by atoms with Gasteiger partial charge in [0.1, 0.15) is 0 Å². The molecule has 4 heteroatoms. The number of carboxylic acids is 1. The number of hydrogen-bond donors (Lipinski definition) is 1. The maximum atomic E-state index is 10.8. The number of carbonyl (C=O) groups is 1. The maximum absolute atomic E-state index is 10.8. The van der Waals surface area contributed by atoms with Gasteiger partial charge in [-0.15, -0.1) is 0 Å². The lowest BCUT2D eigenvalue weighted by Gasteiger charge is -2.39. The van der Waals surface area contributed by atoms with Crippen LogP contribution in [-0.2, 0) is 9.53 Å². The largest absolute Gasteiger partial charge is 0.481 e. The van der Waals surface area contributed by atoms with Crippen LogP contribution in [0.2, 0.25) is 0 Å². The van der Waals surface area contributed by atoms with E-state index in [4.69, 9.17) is 9.84 Å². The summed E-state index contributed by atoms with van der Waals surface area (Å²) in [5.74, 6) is -0.0297. The van der Waals surface area contributed by atoms with Crippen molar-refractivity contribution in [3.8, 4) is 0 Å². The summed E-state index contributed by atoms with van der Waals surface area (Å²) < 4.78 is 5.38. The molecular formula is C13H25NO3. The predicted octanol–water partition coefficient (Wildman–Crippen LogP) is 1.99.